The lowest BCUT2D eigenvalue weighted by molar-refractivity contribution is -0.141. The Morgan fingerprint density at radius 2 is 2.30 bits per heavy atom. The number of urea groups is 1. The van der Waals surface area contributed by atoms with E-state index in [1.165, 1.54) is 0 Å². The van der Waals surface area contributed by atoms with E-state index in [-0.39, 0.29) is 25.3 Å². The number of rotatable bonds is 6. The van der Waals surface area contributed by atoms with Crippen molar-refractivity contribution in [1.29, 1.82) is 0 Å². The molecule has 1 aliphatic rings. The van der Waals surface area contributed by atoms with Crippen LogP contribution >= 0.6 is 0 Å². The second-order valence-electron chi connectivity index (χ2n) is 5.21. The number of piperidine rings is 1. The highest BCUT2D eigenvalue weighted by Crippen LogP contribution is 2.14. The molecule has 9 heteroatoms. The third kappa shape index (κ3) is 5.51. The van der Waals surface area contributed by atoms with Gasteiger partial charge in [0.15, 0.2) is 5.82 Å². The van der Waals surface area contributed by atoms with Crippen molar-refractivity contribution in [2.45, 2.75) is 39.4 Å². The van der Waals surface area contributed by atoms with E-state index in [9.17, 15) is 9.59 Å². The predicted octanol–water partition coefficient (Wildman–Crippen LogP) is 0.632. The smallest absolute Gasteiger partial charge is 0.325 e. The molecule has 1 fully saturated rings. The molecule has 1 aromatic heterocycles. The van der Waals surface area contributed by atoms with E-state index in [4.69, 9.17) is 14.0 Å². The number of hydrogen-bond acceptors (Lipinski definition) is 7. The van der Waals surface area contributed by atoms with Crippen molar-refractivity contribution in [2.24, 2.45) is 0 Å². The van der Waals surface area contributed by atoms with E-state index in [0.29, 0.717) is 31.4 Å². The molecule has 1 atom stereocenters. The number of ether oxygens (including phenoxy) is 2. The van der Waals surface area contributed by atoms with Crippen LogP contribution in [0.15, 0.2) is 4.52 Å². The molecule has 9 nitrogen and oxygen atoms in total. The zero-order chi connectivity index (χ0) is 16.7. The van der Waals surface area contributed by atoms with Crippen molar-refractivity contribution < 1.29 is 23.6 Å². The Kier molecular flexibility index (Phi) is 6.33. The quantitative estimate of drug-likeness (QED) is 0.764. The van der Waals surface area contributed by atoms with Crippen LogP contribution in [-0.2, 0) is 20.9 Å². The van der Waals surface area contributed by atoms with Gasteiger partial charge in [-0.3, -0.25) is 4.79 Å². The number of esters is 1. The van der Waals surface area contributed by atoms with E-state index < -0.39 is 5.97 Å². The van der Waals surface area contributed by atoms with E-state index in [1.807, 2.05) is 0 Å². The number of nitrogens with one attached hydrogen (secondary N) is 1. The minimum atomic E-state index is -0.446. The zero-order valence-electron chi connectivity index (χ0n) is 13.4. The van der Waals surface area contributed by atoms with Crippen molar-refractivity contribution in [1.82, 2.24) is 20.4 Å². The molecule has 0 aliphatic carbocycles. The highest BCUT2D eigenvalue weighted by molar-refractivity contribution is 5.80. The van der Waals surface area contributed by atoms with Crippen LogP contribution < -0.4 is 5.32 Å². The molecule has 0 spiro atoms. The number of nitrogens with zero attached hydrogens (tertiary/aromatic N) is 3. The van der Waals surface area contributed by atoms with Crippen LogP contribution in [0, 0.1) is 6.92 Å². The van der Waals surface area contributed by atoms with Gasteiger partial charge in [0, 0.05) is 20.0 Å². The molecule has 1 unspecified atom stereocenters. The molecule has 2 rings (SSSR count). The van der Waals surface area contributed by atoms with Gasteiger partial charge in [-0.05, 0) is 19.8 Å². The van der Waals surface area contributed by atoms with Crippen molar-refractivity contribution in [3.05, 3.63) is 11.7 Å². The number of hydrogen-bond donors (Lipinski definition) is 1. The molecule has 1 saturated heterocycles. The van der Waals surface area contributed by atoms with Gasteiger partial charge in [-0.1, -0.05) is 5.16 Å². The predicted molar refractivity (Wildman–Crippen MR) is 78.5 cm³/mol. The second kappa shape index (κ2) is 8.47. The Morgan fingerprint density at radius 1 is 1.48 bits per heavy atom. The molecule has 1 aromatic rings. The summed E-state index contributed by atoms with van der Waals surface area (Å²) < 4.78 is 15.4. The van der Waals surface area contributed by atoms with Gasteiger partial charge in [0.2, 0.25) is 5.89 Å². The highest BCUT2D eigenvalue weighted by Gasteiger charge is 2.24. The van der Waals surface area contributed by atoms with Gasteiger partial charge >= 0.3 is 12.0 Å². The van der Waals surface area contributed by atoms with Gasteiger partial charge in [-0.15, -0.1) is 0 Å². The molecule has 128 valence electrons. The molecule has 2 heterocycles. The van der Waals surface area contributed by atoms with Crippen molar-refractivity contribution in [3.63, 3.8) is 0 Å². The van der Waals surface area contributed by atoms with Crippen molar-refractivity contribution in [3.8, 4) is 0 Å². The van der Waals surface area contributed by atoms with Gasteiger partial charge in [-0.2, -0.15) is 4.98 Å². The molecule has 0 saturated carbocycles. The summed E-state index contributed by atoms with van der Waals surface area (Å²) in [5.41, 5.74) is 0. The fraction of sp³-hybridized carbons (Fsp3) is 0.714. The van der Waals surface area contributed by atoms with Crippen LogP contribution in [0.5, 0.6) is 0 Å². The van der Waals surface area contributed by atoms with Gasteiger partial charge in [0.05, 0.1) is 12.7 Å². The number of aromatic nitrogens is 2. The number of likely N-dealkylation sites (tertiary alicyclic amines) is 1. The maximum absolute atomic E-state index is 12.0. The second-order valence-corrected chi connectivity index (χ2v) is 5.21. The summed E-state index contributed by atoms with van der Waals surface area (Å²) in [5.74, 6) is 0.539. The topological polar surface area (TPSA) is 107 Å². The fourth-order valence-electron chi connectivity index (χ4n) is 2.32. The summed E-state index contributed by atoms with van der Waals surface area (Å²) in [6, 6.07) is -0.290. The van der Waals surface area contributed by atoms with Crippen LogP contribution in [0.25, 0.3) is 0 Å². The van der Waals surface area contributed by atoms with Gasteiger partial charge in [-0.25, -0.2) is 4.79 Å². The number of carbonyl (C=O) groups excluding carboxylic acids is 2. The summed E-state index contributed by atoms with van der Waals surface area (Å²) in [5, 5.41) is 6.32. The molecule has 1 aliphatic heterocycles. The van der Waals surface area contributed by atoms with Crippen molar-refractivity contribution >= 4 is 12.0 Å². The fourth-order valence-corrected chi connectivity index (χ4v) is 2.32. The van der Waals surface area contributed by atoms with Crippen LogP contribution in [0.2, 0.25) is 0 Å². The largest absolute Gasteiger partial charge is 0.465 e. The Bertz CT molecular complexity index is 533. The third-order valence-electron chi connectivity index (χ3n) is 3.37. The minimum Gasteiger partial charge on any atom is -0.465 e. The van der Waals surface area contributed by atoms with Gasteiger partial charge < -0.3 is 24.2 Å². The SMILES string of the molecule is CCOC(=O)CNC(=O)N1CCCC(OCc2noc(C)n2)C1. The first kappa shape index (κ1) is 17.2. The monoisotopic (exact) mass is 326 g/mol. The van der Waals surface area contributed by atoms with Crippen molar-refractivity contribution in [2.75, 3.05) is 26.2 Å². The minimum absolute atomic E-state index is 0.0871. The first-order valence-corrected chi connectivity index (χ1v) is 7.67. The summed E-state index contributed by atoms with van der Waals surface area (Å²) >= 11 is 0. The van der Waals surface area contributed by atoms with E-state index in [1.54, 1.807) is 18.7 Å². The normalized spacial score (nSPS) is 17.8. The summed E-state index contributed by atoms with van der Waals surface area (Å²) in [6.45, 7) is 4.95. The Morgan fingerprint density at radius 3 is 3.00 bits per heavy atom. The average Bonchev–Trinajstić information content (AvgIpc) is 2.97. The zero-order valence-corrected chi connectivity index (χ0v) is 13.4. The van der Waals surface area contributed by atoms with E-state index >= 15 is 0 Å². The lowest BCUT2D eigenvalue weighted by atomic mass is 10.1. The molecule has 1 N–H and O–H groups in total. The first-order valence-electron chi connectivity index (χ1n) is 7.67. The number of amides is 2. The van der Waals surface area contributed by atoms with E-state index in [2.05, 4.69) is 15.5 Å². The highest BCUT2D eigenvalue weighted by atomic mass is 16.5. The van der Waals surface area contributed by atoms with Crippen LogP contribution in [-0.4, -0.2) is 59.4 Å². The number of aryl methyl sites for hydroxylation is 1. The molecule has 2 amide bonds. The van der Waals surface area contributed by atoms with E-state index in [0.717, 1.165) is 12.8 Å². The Hall–Kier alpha value is -2.16. The Balaban J connectivity index is 1.73. The summed E-state index contributed by atoms with van der Waals surface area (Å²) in [7, 11) is 0. The maximum atomic E-state index is 12.0. The molecular formula is C14H22N4O5. The Labute approximate surface area is 134 Å². The summed E-state index contributed by atoms with van der Waals surface area (Å²) in [4.78, 5) is 29.0. The molecule has 0 radical (unpaired) electrons. The van der Waals surface area contributed by atoms with Gasteiger partial charge in [0.25, 0.3) is 0 Å². The molecule has 0 bridgehead atoms. The number of carbonyl (C=O) groups is 2. The van der Waals surface area contributed by atoms with Crippen LogP contribution in [0.1, 0.15) is 31.5 Å². The maximum Gasteiger partial charge on any atom is 0.325 e. The molecular weight excluding hydrogens is 304 g/mol. The van der Waals surface area contributed by atoms with Gasteiger partial charge in [0.1, 0.15) is 13.2 Å². The summed E-state index contributed by atoms with van der Waals surface area (Å²) in [6.07, 6.45) is 1.61. The molecule has 0 aromatic carbocycles. The third-order valence-corrected chi connectivity index (χ3v) is 3.37. The first-order chi connectivity index (χ1) is 11.1. The van der Waals surface area contributed by atoms with Crippen LogP contribution in [0.4, 0.5) is 4.79 Å². The standard InChI is InChI=1S/C14H22N4O5/c1-3-21-13(19)7-15-14(20)18-6-4-5-11(8-18)22-9-12-16-10(2)23-17-12/h11H,3-9H2,1-2H3,(H,15,20). The average molecular weight is 326 g/mol. The van der Waals surface area contributed by atoms with Crippen LogP contribution in [0.3, 0.4) is 0 Å². The molecule has 23 heavy (non-hydrogen) atoms. The lowest BCUT2D eigenvalue weighted by Gasteiger charge is -2.32. The lowest BCUT2D eigenvalue weighted by Crippen LogP contribution is -2.48.